The number of aliphatic hydroxyl groups excluding tert-OH is 1. The molecule has 0 amide bonds. The molecule has 0 bridgehead atoms. The maximum Gasteiger partial charge on any atom is 0.254 e. The zero-order valence-electron chi connectivity index (χ0n) is 11.4. The van der Waals surface area contributed by atoms with E-state index in [1.807, 2.05) is 6.08 Å². The van der Waals surface area contributed by atoms with E-state index in [2.05, 4.69) is 29.1 Å². The minimum Gasteiger partial charge on any atom is -0.395 e. The van der Waals surface area contributed by atoms with E-state index in [-0.39, 0.29) is 18.2 Å². The molecule has 1 aromatic rings. The molecule has 0 radical (unpaired) electrons. The zero-order chi connectivity index (χ0) is 13.8. The van der Waals surface area contributed by atoms with Crippen molar-refractivity contribution < 1.29 is 5.11 Å². The molecule has 5 nitrogen and oxygen atoms in total. The van der Waals surface area contributed by atoms with Gasteiger partial charge in [-0.05, 0) is 17.9 Å². The summed E-state index contributed by atoms with van der Waals surface area (Å²) in [4.78, 5) is 18.5. The van der Waals surface area contributed by atoms with Gasteiger partial charge in [0.15, 0.2) is 0 Å². The third-order valence-electron chi connectivity index (χ3n) is 3.89. The first-order chi connectivity index (χ1) is 9.17. The van der Waals surface area contributed by atoms with Gasteiger partial charge < -0.3 is 15.4 Å². The first-order valence-corrected chi connectivity index (χ1v) is 6.77. The zero-order valence-corrected chi connectivity index (χ0v) is 11.4. The topological polar surface area (TPSA) is 78.0 Å². The first-order valence-electron chi connectivity index (χ1n) is 6.77. The van der Waals surface area contributed by atoms with E-state index in [1.54, 1.807) is 0 Å². The van der Waals surface area contributed by atoms with Gasteiger partial charge >= 0.3 is 0 Å². The van der Waals surface area contributed by atoms with Crippen molar-refractivity contribution in [3.05, 3.63) is 34.0 Å². The standard InChI is InChI=1S/C14H21N3O2/c1-3-9(2)12(7-18)15-6-10-4-5-11-13(10)16-8-17-14(11)19/h4,8-9,12,15,18H,3,5-7H2,1-2H3,(H,16,17,19)/t9-,12+/m0/s1. The fraction of sp³-hybridized carbons (Fsp3) is 0.571. The quantitative estimate of drug-likeness (QED) is 0.706. The summed E-state index contributed by atoms with van der Waals surface area (Å²) in [7, 11) is 0. The highest BCUT2D eigenvalue weighted by Gasteiger charge is 2.20. The summed E-state index contributed by atoms with van der Waals surface area (Å²) in [6.45, 7) is 4.99. The highest BCUT2D eigenvalue weighted by atomic mass is 16.3. The van der Waals surface area contributed by atoms with Crippen LogP contribution in [0.4, 0.5) is 0 Å². The summed E-state index contributed by atoms with van der Waals surface area (Å²) >= 11 is 0. The molecule has 2 atom stereocenters. The van der Waals surface area contributed by atoms with Crippen molar-refractivity contribution in [1.82, 2.24) is 15.3 Å². The molecule has 0 aromatic carbocycles. The van der Waals surface area contributed by atoms with Gasteiger partial charge in [-0.3, -0.25) is 4.79 Å². The van der Waals surface area contributed by atoms with Crippen molar-refractivity contribution in [1.29, 1.82) is 0 Å². The molecule has 0 fully saturated rings. The lowest BCUT2D eigenvalue weighted by atomic mass is 9.99. The fourth-order valence-electron chi connectivity index (χ4n) is 2.34. The van der Waals surface area contributed by atoms with Crippen LogP contribution in [0.3, 0.4) is 0 Å². The number of aliphatic hydroxyl groups is 1. The Hall–Kier alpha value is -1.46. The van der Waals surface area contributed by atoms with E-state index < -0.39 is 0 Å². The van der Waals surface area contributed by atoms with Crippen LogP contribution in [0.15, 0.2) is 17.2 Å². The highest BCUT2D eigenvalue weighted by molar-refractivity contribution is 5.70. The molecule has 5 heteroatoms. The number of hydrogen-bond donors (Lipinski definition) is 3. The second kappa shape index (κ2) is 6.12. The van der Waals surface area contributed by atoms with Crippen LogP contribution in [0.1, 0.15) is 31.5 Å². The number of nitrogens with one attached hydrogen (secondary N) is 2. The van der Waals surface area contributed by atoms with Gasteiger partial charge in [-0.15, -0.1) is 0 Å². The number of hydrogen-bond acceptors (Lipinski definition) is 4. The van der Waals surface area contributed by atoms with Crippen molar-refractivity contribution in [2.75, 3.05) is 13.2 Å². The van der Waals surface area contributed by atoms with Gasteiger partial charge in [-0.25, -0.2) is 4.98 Å². The number of fused-ring (bicyclic) bond motifs is 1. The summed E-state index contributed by atoms with van der Waals surface area (Å²) in [5.74, 6) is 0.415. The van der Waals surface area contributed by atoms with Crippen molar-refractivity contribution >= 4 is 5.57 Å². The number of allylic oxidation sites excluding steroid dienone is 1. The third-order valence-corrected chi connectivity index (χ3v) is 3.89. The predicted octanol–water partition coefficient (Wildman–Crippen LogP) is 0.706. The monoisotopic (exact) mass is 263 g/mol. The number of H-pyrrole nitrogens is 1. The van der Waals surface area contributed by atoms with Gasteiger partial charge in [0.05, 0.1) is 18.6 Å². The molecule has 0 spiro atoms. The van der Waals surface area contributed by atoms with E-state index in [9.17, 15) is 9.90 Å². The largest absolute Gasteiger partial charge is 0.395 e. The second-order valence-corrected chi connectivity index (χ2v) is 5.05. The van der Waals surface area contributed by atoms with Crippen molar-refractivity contribution in [2.24, 2.45) is 5.92 Å². The second-order valence-electron chi connectivity index (χ2n) is 5.05. The van der Waals surface area contributed by atoms with Crippen LogP contribution in [-0.4, -0.2) is 34.3 Å². The molecule has 1 heterocycles. The summed E-state index contributed by atoms with van der Waals surface area (Å²) in [6, 6.07) is 0.0805. The third kappa shape index (κ3) is 2.93. The Bertz CT molecular complexity index is 522. The van der Waals surface area contributed by atoms with Gasteiger partial charge in [0.25, 0.3) is 5.56 Å². The van der Waals surface area contributed by atoms with Crippen LogP contribution in [0.25, 0.3) is 5.57 Å². The van der Waals surface area contributed by atoms with Gasteiger partial charge in [0.1, 0.15) is 0 Å². The maximum absolute atomic E-state index is 11.6. The Morgan fingerprint density at radius 1 is 1.58 bits per heavy atom. The Labute approximate surface area is 112 Å². The Balaban J connectivity index is 2.03. The number of aromatic nitrogens is 2. The van der Waals surface area contributed by atoms with E-state index in [0.29, 0.717) is 18.9 Å². The van der Waals surface area contributed by atoms with Gasteiger partial charge in [-0.1, -0.05) is 26.3 Å². The van der Waals surface area contributed by atoms with Crippen LogP contribution in [0, 0.1) is 5.92 Å². The fourth-order valence-corrected chi connectivity index (χ4v) is 2.34. The predicted molar refractivity (Wildman–Crippen MR) is 74.9 cm³/mol. The molecule has 3 N–H and O–H groups in total. The molecule has 1 aromatic heterocycles. The molecule has 2 rings (SSSR count). The lowest BCUT2D eigenvalue weighted by Crippen LogP contribution is -2.38. The van der Waals surface area contributed by atoms with Gasteiger partial charge in [-0.2, -0.15) is 0 Å². The lowest BCUT2D eigenvalue weighted by molar-refractivity contribution is 0.206. The lowest BCUT2D eigenvalue weighted by Gasteiger charge is -2.22. The molecule has 1 aliphatic carbocycles. The molecule has 0 aliphatic heterocycles. The minimum atomic E-state index is -0.0584. The first kappa shape index (κ1) is 14.0. The SMILES string of the molecule is CC[C@H](C)[C@@H](CO)NCC1=CCc2c1nc[nH]c2=O. The summed E-state index contributed by atoms with van der Waals surface area (Å²) in [5.41, 5.74) is 2.51. The smallest absolute Gasteiger partial charge is 0.254 e. The Morgan fingerprint density at radius 3 is 3.05 bits per heavy atom. The summed E-state index contributed by atoms with van der Waals surface area (Å²) < 4.78 is 0. The van der Waals surface area contributed by atoms with E-state index in [4.69, 9.17) is 0 Å². The maximum atomic E-state index is 11.6. The normalized spacial score (nSPS) is 16.9. The number of nitrogens with zero attached hydrogens (tertiary/aromatic N) is 1. The van der Waals surface area contributed by atoms with Gasteiger partial charge in [0, 0.05) is 18.2 Å². The van der Waals surface area contributed by atoms with E-state index >= 15 is 0 Å². The van der Waals surface area contributed by atoms with Crippen LogP contribution >= 0.6 is 0 Å². The molecule has 0 saturated carbocycles. The number of rotatable bonds is 6. The molecule has 104 valence electrons. The van der Waals surface area contributed by atoms with E-state index in [0.717, 1.165) is 23.3 Å². The molecule has 1 aliphatic rings. The average Bonchev–Trinajstić information content (AvgIpc) is 2.84. The summed E-state index contributed by atoms with van der Waals surface area (Å²) in [5, 5.41) is 12.7. The minimum absolute atomic E-state index is 0.0584. The average molecular weight is 263 g/mol. The molecular weight excluding hydrogens is 242 g/mol. The molecule has 19 heavy (non-hydrogen) atoms. The van der Waals surface area contributed by atoms with Crippen LogP contribution in [-0.2, 0) is 6.42 Å². The van der Waals surface area contributed by atoms with Gasteiger partial charge in [0.2, 0.25) is 0 Å². The highest BCUT2D eigenvalue weighted by Crippen LogP contribution is 2.21. The molecular formula is C14H21N3O2. The molecule has 0 saturated heterocycles. The van der Waals surface area contributed by atoms with Crippen LogP contribution in [0.2, 0.25) is 0 Å². The number of aromatic amines is 1. The Morgan fingerprint density at radius 2 is 2.37 bits per heavy atom. The van der Waals surface area contributed by atoms with Crippen molar-refractivity contribution in [3.63, 3.8) is 0 Å². The molecule has 0 unspecified atom stereocenters. The van der Waals surface area contributed by atoms with Crippen LogP contribution < -0.4 is 10.9 Å². The van der Waals surface area contributed by atoms with Crippen LogP contribution in [0.5, 0.6) is 0 Å². The van der Waals surface area contributed by atoms with E-state index in [1.165, 1.54) is 6.33 Å². The summed E-state index contributed by atoms with van der Waals surface area (Å²) in [6.07, 6.45) is 5.14. The Kier molecular flexibility index (Phi) is 4.50. The van der Waals surface area contributed by atoms with Crippen molar-refractivity contribution in [3.8, 4) is 0 Å². The van der Waals surface area contributed by atoms with Crippen molar-refractivity contribution in [2.45, 2.75) is 32.7 Å².